The van der Waals surface area contributed by atoms with Crippen LogP contribution in [0.4, 0.5) is 0 Å². The minimum absolute atomic E-state index is 0.116. The molecule has 0 saturated carbocycles. The summed E-state index contributed by atoms with van der Waals surface area (Å²) in [4.78, 5) is 27.7. The molecule has 0 atom stereocenters. The fourth-order valence-corrected chi connectivity index (χ4v) is 3.23. The lowest BCUT2D eigenvalue weighted by Gasteiger charge is -2.11. The molecule has 1 aromatic heterocycles. The molecule has 28 heavy (non-hydrogen) atoms. The van der Waals surface area contributed by atoms with E-state index in [1.165, 1.54) is 0 Å². The van der Waals surface area contributed by atoms with Crippen LogP contribution in [0.15, 0.2) is 65.4 Å². The summed E-state index contributed by atoms with van der Waals surface area (Å²) in [5.41, 5.74) is 0.974. The second kappa shape index (κ2) is 9.85. The average Bonchev–Trinajstić information content (AvgIpc) is 2.73. The van der Waals surface area contributed by atoms with Crippen LogP contribution in [0.3, 0.4) is 0 Å². The van der Waals surface area contributed by atoms with Crippen LogP contribution < -0.4 is 15.4 Å². The molecular formula is C21H20BrN3O3. The molecule has 3 aromatic rings. The fourth-order valence-electron chi connectivity index (χ4n) is 2.62. The maximum absolute atomic E-state index is 12.0. The summed E-state index contributed by atoms with van der Waals surface area (Å²) in [5, 5.41) is 7.59. The Bertz CT molecular complexity index is 964. The van der Waals surface area contributed by atoms with Crippen molar-refractivity contribution < 1.29 is 14.3 Å². The Morgan fingerprint density at radius 2 is 1.75 bits per heavy atom. The van der Waals surface area contributed by atoms with Crippen LogP contribution in [0.25, 0.3) is 10.8 Å². The van der Waals surface area contributed by atoms with E-state index in [1.54, 1.807) is 12.4 Å². The molecule has 0 saturated heterocycles. The van der Waals surface area contributed by atoms with Crippen LogP contribution in [0, 0.1) is 0 Å². The van der Waals surface area contributed by atoms with Crippen LogP contribution in [-0.4, -0.2) is 29.9 Å². The third-order valence-corrected chi connectivity index (χ3v) is 4.92. The van der Waals surface area contributed by atoms with Gasteiger partial charge in [-0.3, -0.25) is 14.6 Å². The quantitative estimate of drug-likeness (QED) is 0.562. The smallest absolute Gasteiger partial charge is 0.257 e. The molecule has 0 aliphatic rings. The number of pyridine rings is 1. The lowest BCUT2D eigenvalue weighted by atomic mass is 10.1. The Hall–Kier alpha value is -2.93. The van der Waals surface area contributed by atoms with Crippen molar-refractivity contribution in [3.63, 3.8) is 0 Å². The highest BCUT2D eigenvalue weighted by Crippen LogP contribution is 2.32. The van der Waals surface area contributed by atoms with Crippen molar-refractivity contribution in [3.8, 4) is 5.75 Å². The molecule has 7 heteroatoms. The van der Waals surface area contributed by atoms with Gasteiger partial charge in [-0.1, -0.05) is 30.3 Å². The zero-order valence-corrected chi connectivity index (χ0v) is 16.7. The number of ether oxygens (including phenoxy) is 1. The van der Waals surface area contributed by atoms with Gasteiger partial charge >= 0.3 is 0 Å². The maximum atomic E-state index is 12.0. The lowest BCUT2D eigenvalue weighted by molar-refractivity contribution is -0.123. The zero-order valence-electron chi connectivity index (χ0n) is 15.2. The van der Waals surface area contributed by atoms with E-state index in [4.69, 9.17) is 4.74 Å². The molecule has 0 aliphatic heterocycles. The summed E-state index contributed by atoms with van der Waals surface area (Å²) in [7, 11) is 0. The summed E-state index contributed by atoms with van der Waals surface area (Å²) < 4.78 is 6.42. The molecule has 144 valence electrons. The molecule has 0 radical (unpaired) electrons. The number of aromatic nitrogens is 1. The van der Waals surface area contributed by atoms with Gasteiger partial charge in [-0.2, -0.15) is 0 Å². The third-order valence-electron chi connectivity index (χ3n) is 4.10. The minimum Gasteiger partial charge on any atom is -0.483 e. The number of carbonyl (C=O) groups excluding carboxylic acids is 2. The predicted octanol–water partition coefficient (Wildman–Crippen LogP) is 3.20. The van der Waals surface area contributed by atoms with Crippen LogP contribution >= 0.6 is 15.9 Å². The number of nitrogens with zero attached hydrogens (tertiary/aromatic N) is 1. The number of halogens is 1. The predicted molar refractivity (Wildman–Crippen MR) is 111 cm³/mol. The topological polar surface area (TPSA) is 80.3 Å². The van der Waals surface area contributed by atoms with Gasteiger partial charge in [0, 0.05) is 31.9 Å². The van der Waals surface area contributed by atoms with E-state index in [9.17, 15) is 9.59 Å². The molecule has 0 spiro atoms. The molecular weight excluding hydrogens is 422 g/mol. The van der Waals surface area contributed by atoms with Crippen molar-refractivity contribution in [2.24, 2.45) is 0 Å². The van der Waals surface area contributed by atoms with Crippen LogP contribution in [0.1, 0.15) is 12.0 Å². The lowest BCUT2D eigenvalue weighted by Crippen LogP contribution is -2.33. The highest BCUT2D eigenvalue weighted by Gasteiger charge is 2.09. The van der Waals surface area contributed by atoms with Crippen molar-refractivity contribution in [1.82, 2.24) is 15.6 Å². The summed E-state index contributed by atoms with van der Waals surface area (Å²) >= 11 is 3.53. The van der Waals surface area contributed by atoms with Gasteiger partial charge < -0.3 is 15.4 Å². The van der Waals surface area contributed by atoms with Gasteiger partial charge in [0.15, 0.2) is 6.61 Å². The molecule has 2 amide bonds. The molecule has 0 unspecified atom stereocenters. The number of carbonyl (C=O) groups is 2. The number of hydrogen-bond acceptors (Lipinski definition) is 4. The second-order valence-electron chi connectivity index (χ2n) is 6.12. The molecule has 0 aliphatic carbocycles. The number of benzene rings is 2. The Kier molecular flexibility index (Phi) is 6.97. The SMILES string of the molecule is O=C(CCNC(=O)COc1ccc2ccccc2c1Br)NCc1ccncc1. The van der Waals surface area contributed by atoms with E-state index in [0.717, 1.165) is 20.8 Å². The first-order valence-electron chi connectivity index (χ1n) is 8.86. The summed E-state index contributed by atoms with van der Waals surface area (Å²) in [6.45, 7) is 0.577. The number of rotatable bonds is 8. The van der Waals surface area contributed by atoms with Crippen molar-refractivity contribution in [2.45, 2.75) is 13.0 Å². The van der Waals surface area contributed by atoms with E-state index >= 15 is 0 Å². The van der Waals surface area contributed by atoms with E-state index in [0.29, 0.717) is 12.3 Å². The first kappa shape index (κ1) is 19.8. The monoisotopic (exact) mass is 441 g/mol. The molecule has 0 bridgehead atoms. The Morgan fingerprint density at radius 3 is 2.57 bits per heavy atom. The number of hydrogen-bond donors (Lipinski definition) is 2. The normalized spacial score (nSPS) is 10.5. The van der Waals surface area contributed by atoms with Gasteiger partial charge in [-0.15, -0.1) is 0 Å². The van der Waals surface area contributed by atoms with E-state index < -0.39 is 0 Å². The summed E-state index contributed by atoms with van der Waals surface area (Å²) in [6.07, 6.45) is 3.56. The van der Waals surface area contributed by atoms with Gasteiger partial charge in [0.05, 0.1) is 4.47 Å². The summed E-state index contributed by atoms with van der Waals surface area (Å²) in [5.74, 6) is 0.196. The van der Waals surface area contributed by atoms with Gasteiger partial charge in [-0.25, -0.2) is 0 Å². The van der Waals surface area contributed by atoms with Crippen molar-refractivity contribution >= 4 is 38.5 Å². The molecule has 3 rings (SSSR count). The van der Waals surface area contributed by atoms with E-state index in [2.05, 4.69) is 31.5 Å². The van der Waals surface area contributed by atoms with Gasteiger partial charge in [0.25, 0.3) is 5.91 Å². The van der Waals surface area contributed by atoms with E-state index in [1.807, 2.05) is 48.5 Å². The van der Waals surface area contributed by atoms with Crippen molar-refractivity contribution in [3.05, 3.63) is 71.0 Å². The third kappa shape index (κ3) is 5.53. The summed E-state index contributed by atoms with van der Waals surface area (Å²) in [6, 6.07) is 15.4. The van der Waals surface area contributed by atoms with Crippen LogP contribution in [0.2, 0.25) is 0 Å². The van der Waals surface area contributed by atoms with Crippen LogP contribution in [-0.2, 0) is 16.1 Å². The Labute approximate surface area is 171 Å². The number of fused-ring (bicyclic) bond motifs is 1. The molecule has 6 nitrogen and oxygen atoms in total. The van der Waals surface area contributed by atoms with Crippen molar-refractivity contribution in [1.29, 1.82) is 0 Å². The fraction of sp³-hybridized carbons (Fsp3) is 0.190. The van der Waals surface area contributed by atoms with Crippen LogP contribution in [0.5, 0.6) is 5.75 Å². The molecule has 2 aromatic carbocycles. The average molecular weight is 442 g/mol. The highest BCUT2D eigenvalue weighted by molar-refractivity contribution is 9.10. The second-order valence-corrected chi connectivity index (χ2v) is 6.91. The Balaban J connectivity index is 1.39. The molecule has 0 fully saturated rings. The molecule has 1 heterocycles. The van der Waals surface area contributed by atoms with E-state index in [-0.39, 0.29) is 31.4 Å². The Morgan fingerprint density at radius 1 is 0.964 bits per heavy atom. The number of amides is 2. The van der Waals surface area contributed by atoms with Gasteiger partial charge in [0.1, 0.15) is 5.75 Å². The van der Waals surface area contributed by atoms with Crippen molar-refractivity contribution in [2.75, 3.05) is 13.2 Å². The minimum atomic E-state index is -0.276. The number of nitrogens with one attached hydrogen (secondary N) is 2. The largest absolute Gasteiger partial charge is 0.483 e. The van der Waals surface area contributed by atoms with Gasteiger partial charge in [-0.05, 0) is 50.5 Å². The first-order chi connectivity index (χ1) is 13.6. The van der Waals surface area contributed by atoms with Gasteiger partial charge in [0.2, 0.25) is 5.91 Å². The molecule has 2 N–H and O–H groups in total. The zero-order chi connectivity index (χ0) is 19.8. The standard InChI is InChI=1S/C21H20BrN3O3/c22-21-17-4-2-1-3-16(17)5-6-18(21)28-14-20(27)24-12-9-19(26)25-13-15-7-10-23-11-8-15/h1-8,10-11H,9,12-14H2,(H,24,27)(H,25,26). The first-order valence-corrected chi connectivity index (χ1v) is 9.65. The highest BCUT2D eigenvalue weighted by atomic mass is 79.9. The maximum Gasteiger partial charge on any atom is 0.257 e.